The van der Waals surface area contributed by atoms with E-state index >= 15 is 0 Å². The van der Waals surface area contributed by atoms with Crippen LogP contribution in [0.2, 0.25) is 0 Å². The fourth-order valence-corrected chi connectivity index (χ4v) is 4.71. The highest BCUT2D eigenvalue weighted by molar-refractivity contribution is 6.51. The molecular formula is C32H35NO7. The van der Waals surface area contributed by atoms with Crippen molar-refractivity contribution in [2.24, 2.45) is 0 Å². The van der Waals surface area contributed by atoms with Gasteiger partial charge in [-0.1, -0.05) is 18.2 Å². The Kier molecular flexibility index (Phi) is 8.99. The number of ether oxygens (including phenoxy) is 4. The highest BCUT2D eigenvalue weighted by Crippen LogP contribution is 2.45. The van der Waals surface area contributed by atoms with Crippen LogP contribution in [0.5, 0.6) is 23.0 Å². The number of ketones is 1. The van der Waals surface area contributed by atoms with Crippen LogP contribution < -0.4 is 23.8 Å². The first-order chi connectivity index (χ1) is 19.3. The molecule has 1 N–H and O–H groups in total. The molecule has 1 heterocycles. The van der Waals surface area contributed by atoms with Crippen molar-refractivity contribution in [3.63, 3.8) is 0 Å². The first kappa shape index (κ1) is 28.5. The molecule has 1 saturated heterocycles. The van der Waals surface area contributed by atoms with Gasteiger partial charge in [-0.05, 0) is 76.6 Å². The molecule has 8 heteroatoms. The summed E-state index contributed by atoms with van der Waals surface area (Å²) < 4.78 is 23.0. The molecule has 0 radical (unpaired) electrons. The zero-order valence-electron chi connectivity index (χ0n) is 23.5. The third kappa shape index (κ3) is 5.91. The number of hydrogen-bond acceptors (Lipinski definition) is 7. The molecule has 210 valence electrons. The van der Waals surface area contributed by atoms with Gasteiger partial charge in [-0.2, -0.15) is 0 Å². The number of rotatable bonds is 11. The van der Waals surface area contributed by atoms with Crippen LogP contribution in [0.25, 0.3) is 5.76 Å². The molecular weight excluding hydrogens is 510 g/mol. The maximum absolute atomic E-state index is 13.7. The number of nitrogens with zero attached hydrogens (tertiary/aromatic N) is 1. The molecule has 0 aliphatic carbocycles. The first-order valence-electron chi connectivity index (χ1n) is 13.5. The van der Waals surface area contributed by atoms with E-state index in [0.29, 0.717) is 54.1 Å². The van der Waals surface area contributed by atoms with Gasteiger partial charge in [0.15, 0.2) is 0 Å². The monoisotopic (exact) mass is 545 g/mol. The largest absolute Gasteiger partial charge is 0.507 e. The highest BCUT2D eigenvalue weighted by atomic mass is 16.5. The van der Waals surface area contributed by atoms with Crippen molar-refractivity contribution in [1.29, 1.82) is 0 Å². The fraction of sp³-hybridized carbons (Fsp3) is 0.312. The summed E-state index contributed by atoms with van der Waals surface area (Å²) in [5.74, 6) is 0.125. The van der Waals surface area contributed by atoms with Gasteiger partial charge < -0.3 is 24.1 Å². The number of benzene rings is 3. The number of aliphatic hydroxyl groups is 1. The molecule has 3 aromatic rings. The van der Waals surface area contributed by atoms with Gasteiger partial charge in [0.2, 0.25) is 0 Å². The molecule has 1 atom stereocenters. The predicted molar refractivity (Wildman–Crippen MR) is 153 cm³/mol. The summed E-state index contributed by atoms with van der Waals surface area (Å²) in [5.41, 5.74) is 1.29. The summed E-state index contributed by atoms with van der Waals surface area (Å²) >= 11 is 0. The van der Waals surface area contributed by atoms with Crippen molar-refractivity contribution in [3.8, 4) is 23.0 Å². The average molecular weight is 546 g/mol. The lowest BCUT2D eigenvalue weighted by Gasteiger charge is -2.26. The Bertz CT molecular complexity index is 1410. The van der Waals surface area contributed by atoms with Gasteiger partial charge in [0, 0.05) is 17.8 Å². The SMILES string of the molecule is CCOc1cccc(N2C(=O)C(=O)/C(=C(/O)c3ccc(OCC)cc3OCC)C2c2cccc(OC(C)C)c2)c1. The van der Waals surface area contributed by atoms with Crippen LogP contribution in [0.3, 0.4) is 0 Å². The van der Waals surface area contributed by atoms with Crippen LogP contribution in [0.4, 0.5) is 5.69 Å². The summed E-state index contributed by atoms with van der Waals surface area (Å²) in [6.07, 6.45) is -0.0814. The second kappa shape index (κ2) is 12.6. The van der Waals surface area contributed by atoms with Gasteiger partial charge in [-0.25, -0.2) is 0 Å². The lowest BCUT2D eigenvalue weighted by Crippen LogP contribution is -2.29. The van der Waals surface area contributed by atoms with Gasteiger partial charge >= 0.3 is 0 Å². The smallest absolute Gasteiger partial charge is 0.300 e. The number of amides is 1. The zero-order valence-corrected chi connectivity index (χ0v) is 23.5. The minimum Gasteiger partial charge on any atom is -0.507 e. The Morgan fingerprint density at radius 3 is 2.15 bits per heavy atom. The Morgan fingerprint density at radius 2 is 1.48 bits per heavy atom. The molecule has 8 nitrogen and oxygen atoms in total. The van der Waals surface area contributed by atoms with E-state index in [4.69, 9.17) is 18.9 Å². The van der Waals surface area contributed by atoms with Crippen molar-refractivity contribution in [2.75, 3.05) is 24.7 Å². The van der Waals surface area contributed by atoms with E-state index < -0.39 is 17.7 Å². The Labute approximate surface area is 234 Å². The van der Waals surface area contributed by atoms with E-state index in [1.54, 1.807) is 60.7 Å². The molecule has 1 aliphatic rings. The normalized spacial score (nSPS) is 16.4. The third-order valence-corrected chi connectivity index (χ3v) is 6.22. The van der Waals surface area contributed by atoms with E-state index in [2.05, 4.69) is 0 Å². The lowest BCUT2D eigenvalue weighted by atomic mass is 9.94. The zero-order chi connectivity index (χ0) is 28.8. The van der Waals surface area contributed by atoms with Crippen LogP contribution in [0.15, 0.2) is 72.3 Å². The highest BCUT2D eigenvalue weighted by Gasteiger charge is 2.47. The topological polar surface area (TPSA) is 94.5 Å². The molecule has 1 amide bonds. The lowest BCUT2D eigenvalue weighted by molar-refractivity contribution is -0.132. The van der Waals surface area contributed by atoms with E-state index in [1.807, 2.05) is 40.7 Å². The standard InChI is InChI=1S/C32H35NO7/c1-6-37-23-13-10-12-22(18-23)33-29(21-11-9-14-25(17-21)40-20(4)5)28(31(35)32(33)36)30(34)26-16-15-24(38-7-2)19-27(26)39-8-3/h9-20,29,34H,6-8H2,1-5H3/b30-28+. The molecule has 3 aromatic carbocycles. The maximum atomic E-state index is 13.7. The summed E-state index contributed by atoms with van der Waals surface area (Å²) in [6.45, 7) is 10.6. The van der Waals surface area contributed by atoms with Gasteiger partial charge in [-0.15, -0.1) is 0 Å². The maximum Gasteiger partial charge on any atom is 0.300 e. The van der Waals surface area contributed by atoms with Gasteiger partial charge in [0.1, 0.15) is 28.8 Å². The predicted octanol–water partition coefficient (Wildman–Crippen LogP) is 6.30. The van der Waals surface area contributed by atoms with Crippen LogP contribution >= 0.6 is 0 Å². The molecule has 0 saturated carbocycles. The molecule has 0 aromatic heterocycles. The number of carbonyl (C=O) groups excluding carboxylic acids is 2. The number of Topliss-reactive ketones (excluding diaryl/α,β-unsaturated/α-hetero) is 1. The fourth-order valence-electron chi connectivity index (χ4n) is 4.71. The second-order valence-electron chi connectivity index (χ2n) is 9.36. The summed E-state index contributed by atoms with van der Waals surface area (Å²) in [6, 6.07) is 18.2. The van der Waals surface area contributed by atoms with E-state index in [1.165, 1.54) is 4.90 Å². The molecule has 0 bridgehead atoms. The summed E-state index contributed by atoms with van der Waals surface area (Å²) in [5, 5.41) is 11.7. The van der Waals surface area contributed by atoms with E-state index in [0.717, 1.165) is 0 Å². The number of anilines is 1. The Hall–Kier alpha value is -4.46. The van der Waals surface area contributed by atoms with E-state index in [9.17, 15) is 14.7 Å². The van der Waals surface area contributed by atoms with Crippen LogP contribution in [0.1, 0.15) is 51.8 Å². The molecule has 1 fully saturated rings. The Morgan fingerprint density at radius 1 is 0.825 bits per heavy atom. The van der Waals surface area contributed by atoms with E-state index in [-0.39, 0.29) is 23.0 Å². The average Bonchev–Trinajstić information content (AvgIpc) is 3.19. The second-order valence-corrected chi connectivity index (χ2v) is 9.36. The van der Waals surface area contributed by atoms with Crippen molar-refractivity contribution in [2.45, 2.75) is 46.8 Å². The number of aliphatic hydroxyl groups excluding tert-OH is 1. The minimum absolute atomic E-state index is 0.0568. The number of carbonyl (C=O) groups is 2. The van der Waals surface area contributed by atoms with Gasteiger partial charge in [-0.3, -0.25) is 14.5 Å². The Balaban J connectivity index is 1.94. The van der Waals surface area contributed by atoms with Crippen molar-refractivity contribution in [1.82, 2.24) is 0 Å². The number of hydrogen-bond donors (Lipinski definition) is 1. The summed E-state index contributed by atoms with van der Waals surface area (Å²) in [7, 11) is 0. The molecule has 40 heavy (non-hydrogen) atoms. The van der Waals surface area contributed by atoms with Crippen LogP contribution in [0, 0.1) is 0 Å². The van der Waals surface area contributed by atoms with Gasteiger partial charge in [0.05, 0.1) is 43.1 Å². The van der Waals surface area contributed by atoms with Crippen LogP contribution in [-0.4, -0.2) is 42.7 Å². The third-order valence-electron chi connectivity index (χ3n) is 6.22. The van der Waals surface area contributed by atoms with Crippen molar-refractivity contribution >= 4 is 23.1 Å². The molecule has 1 unspecified atom stereocenters. The van der Waals surface area contributed by atoms with Crippen molar-refractivity contribution < 1.29 is 33.6 Å². The minimum atomic E-state index is -0.936. The quantitative estimate of drug-likeness (QED) is 0.172. The first-order valence-corrected chi connectivity index (χ1v) is 13.5. The molecule has 0 spiro atoms. The van der Waals surface area contributed by atoms with Crippen molar-refractivity contribution in [3.05, 3.63) is 83.4 Å². The molecule has 4 rings (SSSR count). The van der Waals surface area contributed by atoms with Crippen LogP contribution in [-0.2, 0) is 9.59 Å². The van der Waals surface area contributed by atoms with Gasteiger partial charge in [0.25, 0.3) is 11.7 Å². The summed E-state index contributed by atoms with van der Waals surface area (Å²) in [4.78, 5) is 28.7. The molecule has 1 aliphatic heterocycles.